The van der Waals surface area contributed by atoms with Gasteiger partial charge in [-0.2, -0.15) is 0 Å². The summed E-state index contributed by atoms with van der Waals surface area (Å²) in [4.78, 5) is 18.9. The molecule has 0 saturated carbocycles. The van der Waals surface area contributed by atoms with E-state index >= 15 is 0 Å². The van der Waals surface area contributed by atoms with Gasteiger partial charge in [0, 0.05) is 5.56 Å². The molecular weight excluding hydrogens is 328 g/mol. The van der Waals surface area contributed by atoms with Gasteiger partial charge >= 0.3 is 0 Å². The number of methoxy groups -OCH3 is 1. The summed E-state index contributed by atoms with van der Waals surface area (Å²) in [7, 11) is 1.55. The maximum atomic E-state index is 11.8. The Labute approximate surface area is 122 Å². The van der Waals surface area contributed by atoms with Crippen molar-refractivity contribution in [3.05, 3.63) is 32.7 Å². The summed E-state index contributed by atoms with van der Waals surface area (Å²) < 4.78 is 16.4. The Morgan fingerprint density at radius 3 is 2.90 bits per heavy atom. The molecule has 1 aromatic heterocycles. The van der Waals surface area contributed by atoms with Crippen molar-refractivity contribution >= 4 is 15.9 Å². The predicted molar refractivity (Wildman–Crippen MR) is 75.4 cm³/mol. The van der Waals surface area contributed by atoms with Gasteiger partial charge in [-0.15, -0.1) is 0 Å². The summed E-state index contributed by atoms with van der Waals surface area (Å²) in [5, 5.41) is 0. The van der Waals surface area contributed by atoms with Crippen LogP contribution in [-0.4, -0.2) is 23.9 Å². The zero-order valence-corrected chi connectivity index (χ0v) is 12.4. The normalized spacial score (nSPS) is 12.6. The van der Waals surface area contributed by atoms with Gasteiger partial charge in [-0.1, -0.05) is 0 Å². The number of rotatable bonds is 2. The van der Waals surface area contributed by atoms with Crippen molar-refractivity contribution in [2.45, 2.75) is 6.92 Å². The van der Waals surface area contributed by atoms with Crippen LogP contribution in [0.25, 0.3) is 11.4 Å². The first-order valence-corrected chi connectivity index (χ1v) is 6.64. The van der Waals surface area contributed by atoms with E-state index in [1.165, 1.54) is 0 Å². The van der Waals surface area contributed by atoms with E-state index in [0.717, 1.165) is 0 Å². The smallest absolute Gasteiger partial charge is 0.265 e. The fourth-order valence-electron chi connectivity index (χ4n) is 1.97. The lowest BCUT2D eigenvalue weighted by molar-refractivity contribution is 0.171. The topological polar surface area (TPSA) is 73.4 Å². The van der Waals surface area contributed by atoms with Crippen LogP contribution < -0.4 is 19.8 Å². The first-order chi connectivity index (χ1) is 9.60. The van der Waals surface area contributed by atoms with Crippen LogP contribution in [0.4, 0.5) is 0 Å². The summed E-state index contributed by atoms with van der Waals surface area (Å²) in [5.41, 5.74) is 1.07. The highest BCUT2D eigenvalue weighted by molar-refractivity contribution is 9.10. The maximum absolute atomic E-state index is 11.8. The molecule has 0 amide bonds. The molecule has 20 heavy (non-hydrogen) atoms. The molecule has 3 rings (SSSR count). The molecule has 0 fully saturated rings. The summed E-state index contributed by atoms with van der Waals surface area (Å²) in [6.07, 6.45) is 0. The Hall–Kier alpha value is -2.02. The van der Waals surface area contributed by atoms with E-state index in [-0.39, 0.29) is 12.4 Å². The number of nitrogens with one attached hydrogen (secondary N) is 1. The molecule has 0 bridgehead atoms. The van der Waals surface area contributed by atoms with Crippen LogP contribution in [0.1, 0.15) is 5.69 Å². The van der Waals surface area contributed by atoms with E-state index in [9.17, 15) is 4.79 Å². The molecule has 0 radical (unpaired) electrons. The predicted octanol–water partition coefficient (Wildman–Crippen LogP) is 2.25. The van der Waals surface area contributed by atoms with Crippen molar-refractivity contribution < 1.29 is 14.2 Å². The van der Waals surface area contributed by atoms with Crippen molar-refractivity contribution in [2.75, 3.05) is 13.9 Å². The summed E-state index contributed by atoms with van der Waals surface area (Å²) in [6, 6.07) is 3.51. The van der Waals surface area contributed by atoms with Gasteiger partial charge in [0.25, 0.3) is 5.56 Å². The summed E-state index contributed by atoms with van der Waals surface area (Å²) in [5.74, 6) is 2.13. The molecule has 0 unspecified atom stereocenters. The number of ether oxygens (including phenoxy) is 3. The monoisotopic (exact) mass is 338 g/mol. The first-order valence-electron chi connectivity index (χ1n) is 5.84. The summed E-state index contributed by atoms with van der Waals surface area (Å²) >= 11 is 3.19. The van der Waals surface area contributed by atoms with E-state index in [1.54, 1.807) is 26.2 Å². The van der Waals surface area contributed by atoms with Crippen LogP contribution >= 0.6 is 15.9 Å². The molecule has 0 spiro atoms. The van der Waals surface area contributed by atoms with Crippen LogP contribution in [0.15, 0.2) is 21.4 Å². The lowest BCUT2D eigenvalue weighted by atomic mass is 10.1. The maximum Gasteiger partial charge on any atom is 0.265 e. The van der Waals surface area contributed by atoms with Gasteiger partial charge in [0.05, 0.1) is 12.8 Å². The number of nitrogens with zero attached hydrogens (tertiary/aromatic N) is 1. The molecule has 1 N–H and O–H groups in total. The van der Waals surface area contributed by atoms with E-state index in [0.29, 0.717) is 38.8 Å². The Bertz CT molecular complexity index is 742. The van der Waals surface area contributed by atoms with Gasteiger partial charge in [0.2, 0.25) is 12.5 Å². The molecule has 1 aromatic carbocycles. The highest BCUT2D eigenvalue weighted by atomic mass is 79.9. The van der Waals surface area contributed by atoms with Gasteiger partial charge < -0.3 is 19.2 Å². The second-order valence-electron chi connectivity index (χ2n) is 4.23. The SMILES string of the molecule is COc1cc(-c2nc(C)c(Br)c(=O)[nH]2)cc2c1OCO2. The van der Waals surface area contributed by atoms with E-state index < -0.39 is 0 Å². The van der Waals surface area contributed by atoms with Crippen molar-refractivity contribution in [1.29, 1.82) is 0 Å². The molecule has 1 aliphatic rings. The number of hydrogen-bond acceptors (Lipinski definition) is 5. The second-order valence-corrected chi connectivity index (χ2v) is 5.02. The second kappa shape index (κ2) is 4.82. The standard InChI is InChI=1S/C13H11BrN2O4/c1-6-10(14)13(17)16-12(15-6)7-3-8(18-2)11-9(4-7)19-5-20-11/h3-4H,5H2,1-2H3,(H,15,16,17). The minimum Gasteiger partial charge on any atom is -0.493 e. The van der Waals surface area contributed by atoms with Gasteiger partial charge in [-0.05, 0) is 35.0 Å². The average molecular weight is 339 g/mol. The van der Waals surface area contributed by atoms with E-state index in [1.807, 2.05) is 0 Å². The van der Waals surface area contributed by atoms with Crippen LogP contribution in [-0.2, 0) is 0 Å². The molecule has 0 saturated heterocycles. The zero-order valence-electron chi connectivity index (χ0n) is 10.8. The van der Waals surface area contributed by atoms with Gasteiger partial charge in [-0.25, -0.2) is 4.98 Å². The molecule has 104 valence electrons. The fraction of sp³-hybridized carbons (Fsp3) is 0.231. The molecule has 6 nitrogen and oxygen atoms in total. The Balaban J connectivity index is 2.18. The lowest BCUT2D eigenvalue weighted by Crippen LogP contribution is -2.11. The fourth-order valence-corrected chi connectivity index (χ4v) is 2.16. The minimum absolute atomic E-state index is 0.151. The number of aromatic amines is 1. The molecule has 0 atom stereocenters. The highest BCUT2D eigenvalue weighted by Gasteiger charge is 2.21. The number of benzene rings is 1. The first kappa shape index (κ1) is 13.0. The molecule has 0 aliphatic carbocycles. The number of aryl methyl sites for hydroxylation is 1. The van der Waals surface area contributed by atoms with Gasteiger partial charge in [0.1, 0.15) is 10.3 Å². The molecular formula is C13H11BrN2O4. The largest absolute Gasteiger partial charge is 0.493 e. The van der Waals surface area contributed by atoms with Gasteiger partial charge in [0.15, 0.2) is 11.5 Å². The van der Waals surface area contributed by atoms with E-state index in [4.69, 9.17) is 14.2 Å². The highest BCUT2D eigenvalue weighted by Crippen LogP contribution is 2.43. The number of H-pyrrole nitrogens is 1. The quantitative estimate of drug-likeness (QED) is 0.908. The third-order valence-electron chi connectivity index (χ3n) is 2.96. The van der Waals surface area contributed by atoms with Crippen molar-refractivity contribution in [2.24, 2.45) is 0 Å². The Morgan fingerprint density at radius 2 is 2.20 bits per heavy atom. The number of halogens is 1. The number of aromatic nitrogens is 2. The number of fused-ring (bicyclic) bond motifs is 1. The third kappa shape index (κ3) is 2.03. The third-order valence-corrected chi connectivity index (χ3v) is 3.89. The van der Waals surface area contributed by atoms with Crippen LogP contribution in [0, 0.1) is 6.92 Å². The van der Waals surface area contributed by atoms with Crippen LogP contribution in [0.5, 0.6) is 17.2 Å². The van der Waals surface area contributed by atoms with Crippen molar-refractivity contribution in [1.82, 2.24) is 9.97 Å². The Kier molecular flexibility index (Phi) is 3.13. The van der Waals surface area contributed by atoms with Gasteiger partial charge in [-0.3, -0.25) is 4.79 Å². The number of hydrogen-bond donors (Lipinski definition) is 1. The van der Waals surface area contributed by atoms with Crippen LogP contribution in [0.3, 0.4) is 0 Å². The Morgan fingerprint density at radius 1 is 1.40 bits per heavy atom. The lowest BCUT2D eigenvalue weighted by Gasteiger charge is -2.08. The molecule has 7 heteroatoms. The average Bonchev–Trinajstić information content (AvgIpc) is 2.91. The zero-order chi connectivity index (χ0) is 14.3. The minimum atomic E-state index is -0.232. The molecule has 1 aliphatic heterocycles. The van der Waals surface area contributed by atoms with Crippen molar-refractivity contribution in [3.63, 3.8) is 0 Å². The summed E-state index contributed by atoms with van der Waals surface area (Å²) in [6.45, 7) is 1.91. The molecule has 2 aromatic rings. The van der Waals surface area contributed by atoms with E-state index in [2.05, 4.69) is 25.9 Å². The molecule has 2 heterocycles. The van der Waals surface area contributed by atoms with Crippen LogP contribution in [0.2, 0.25) is 0 Å². The van der Waals surface area contributed by atoms with Crippen molar-refractivity contribution in [3.8, 4) is 28.6 Å².